The van der Waals surface area contributed by atoms with Crippen LogP contribution in [0.15, 0.2) is 173 Å². The second kappa shape index (κ2) is 13.8. The first-order valence-corrected chi connectivity index (χ1v) is 20.1. The van der Waals surface area contributed by atoms with Crippen molar-refractivity contribution in [2.45, 2.75) is 45.8 Å². The van der Waals surface area contributed by atoms with Crippen LogP contribution in [0.5, 0.6) is 0 Å². The molecule has 3 heterocycles. The molecule has 0 amide bonds. The summed E-state index contributed by atoms with van der Waals surface area (Å²) in [6.45, 7) is 19.1. The number of hydrogen-bond acceptors (Lipinski definition) is 4. The van der Waals surface area contributed by atoms with Crippen molar-refractivity contribution in [2.75, 3.05) is 0 Å². The van der Waals surface area contributed by atoms with Crippen LogP contribution in [0.2, 0.25) is 0 Å². The first-order chi connectivity index (χ1) is 26.8. The molecule has 2 aromatic heterocycles. The van der Waals surface area contributed by atoms with Crippen molar-refractivity contribution in [3.63, 3.8) is 0 Å². The minimum atomic E-state index is -0.157. The Balaban J connectivity index is 1.17. The minimum Gasteiger partial charge on any atom is -0.309 e. The molecule has 2 aliphatic rings. The fourth-order valence-electron chi connectivity index (χ4n) is 8.01. The normalized spacial score (nSPS) is 14.0. The highest BCUT2D eigenvalue weighted by molar-refractivity contribution is 8.05. The van der Waals surface area contributed by atoms with Gasteiger partial charge in [-0.1, -0.05) is 142 Å². The van der Waals surface area contributed by atoms with E-state index in [2.05, 4.69) is 129 Å². The fourth-order valence-corrected chi connectivity index (χ4v) is 10.3. The molecule has 0 saturated heterocycles. The van der Waals surface area contributed by atoms with E-state index in [9.17, 15) is 0 Å². The molecule has 5 aromatic carbocycles. The fraction of sp³-hybridized carbons (Fsp3) is 0.0800. The van der Waals surface area contributed by atoms with E-state index < -0.39 is 0 Å². The lowest BCUT2D eigenvalue weighted by Gasteiger charge is -2.24. The predicted octanol–water partition coefficient (Wildman–Crippen LogP) is 14.1. The Kier molecular flexibility index (Phi) is 8.72. The van der Waals surface area contributed by atoms with Gasteiger partial charge in [0.2, 0.25) is 0 Å². The van der Waals surface area contributed by atoms with Crippen molar-refractivity contribution in [1.29, 1.82) is 0 Å². The molecule has 266 valence electrons. The molecule has 0 radical (unpaired) electrons. The summed E-state index contributed by atoms with van der Waals surface area (Å²) >= 11 is 3.76. The highest BCUT2D eigenvalue weighted by atomic mass is 32.2. The van der Waals surface area contributed by atoms with Crippen LogP contribution < -0.4 is 0 Å². The number of fused-ring (bicyclic) bond motifs is 6. The quantitative estimate of drug-likeness (QED) is 0.145. The molecule has 0 bridgehead atoms. The van der Waals surface area contributed by atoms with Crippen molar-refractivity contribution in [3.8, 4) is 39.3 Å². The molecule has 3 nitrogen and oxygen atoms in total. The van der Waals surface area contributed by atoms with Gasteiger partial charge in [-0.25, -0.2) is 9.97 Å². The second-order valence-electron chi connectivity index (χ2n) is 14.3. The standard InChI is InChI=1S/C50H39N3S2/c1-7-11-17-31(8-2)49-51-41(32-18-13-12-14-19-32)30-42(52-49)33-22-24-34(25-23-33)53-43(10-4)35(9-3)38-26-39-36(27-44(38)53)37-28-47-48(29-40(37)50(39,5)6)55-46-21-16-15-20-45(46)54-47/h7-30H,1,3-4H2,2,5-6H3/b17-11-,31-8+. The molecule has 0 spiro atoms. The van der Waals surface area contributed by atoms with E-state index in [1.54, 1.807) is 6.08 Å². The molecule has 55 heavy (non-hydrogen) atoms. The van der Waals surface area contributed by atoms with Gasteiger partial charge in [0.15, 0.2) is 5.82 Å². The van der Waals surface area contributed by atoms with Gasteiger partial charge >= 0.3 is 0 Å². The average molecular weight is 746 g/mol. The van der Waals surface area contributed by atoms with Gasteiger partial charge < -0.3 is 4.57 Å². The summed E-state index contributed by atoms with van der Waals surface area (Å²) in [6.07, 6.45) is 11.6. The summed E-state index contributed by atoms with van der Waals surface area (Å²) in [6, 6.07) is 39.4. The van der Waals surface area contributed by atoms with Crippen molar-refractivity contribution < 1.29 is 0 Å². The average Bonchev–Trinajstić information content (AvgIpc) is 3.65. The zero-order valence-corrected chi connectivity index (χ0v) is 32.8. The highest BCUT2D eigenvalue weighted by Crippen LogP contribution is 2.56. The van der Waals surface area contributed by atoms with Crippen LogP contribution in [0, 0.1) is 0 Å². The van der Waals surface area contributed by atoms with E-state index in [1.165, 1.54) is 47.2 Å². The third kappa shape index (κ3) is 5.78. The molecular weight excluding hydrogens is 707 g/mol. The molecule has 1 aliphatic carbocycles. The molecule has 0 unspecified atom stereocenters. The first-order valence-electron chi connectivity index (χ1n) is 18.5. The second-order valence-corrected chi connectivity index (χ2v) is 16.5. The van der Waals surface area contributed by atoms with E-state index in [-0.39, 0.29) is 5.41 Å². The SMILES string of the molecule is C=C/C=C\C(=C/C)c1nc(-c2ccccc2)cc(-c2ccc(-n3c(C=C)c(C=C)c4cc5c(cc43)-c3cc4c(cc3C5(C)C)Sc3ccccc3S4)cc2)n1. The van der Waals surface area contributed by atoms with Crippen molar-refractivity contribution in [1.82, 2.24) is 14.5 Å². The Hall–Kier alpha value is -5.88. The van der Waals surface area contributed by atoms with Crippen LogP contribution in [0.1, 0.15) is 49.0 Å². The van der Waals surface area contributed by atoms with Gasteiger partial charge in [-0.3, -0.25) is 0 Å². The summed E-state index contributed by atoms with van der Waals surface area (Å²) in [5.74, 6) is 0.668. The lowest BCUT2D eigenvalue weighted by Crippen LogP contribution is -2.15. The third-order valence-corrected chi connectivity index (χ3v) is 13.3. The molecule has 0 fully saturated rings. The number of hydrogen-bond donors (Lipinski definition) is 0. The van der Waals surface area contributed by atoms with E-state index >= 15 is 0 Å². The maximum atomic E-state index is 5.07. The Morgan fingerprint density at radius 1 is 0.673 bits per heavy atom. The Bertz CT molecular complexity index is 2780. The lowest BCUT2D eigenvalue weighted by molar-refractivity contribution is 0.658. The summed E-state index contributed by atoms with van der Waals surface area (Å²) in [5, 5.41) is 1.17. The van der Waals surface area contributed by atoms with Gasteiger partial charge in [-0.2, -0.15) is 0 Å². The highest BCUT2D eigenvalue weighted by Gasteiger charge is 2.38. The van der Waals surface area contributed by atoms with Crippen LogP contribution in [-0.4, -0.2) is 14.5 Å². The summed E-state index contributed by atoms with van der Waals surface area (Å²) in [4.78, 5) is 15.3. The lowest BCUT2D eigenvalue weighted by atomic mass is 9.82. The van der Waals surface area contributed by atoms with Gasteiger partial charge in [0, 0.05) is 58.3 Å². The van der Waals surface area contributed by atoms with Crippen LogP contribution in [0.25, 0.3) is 68.0 Å². The number of benzene rings is 5. The monoisotopic (exact) mass is 745 g/mol. The largest absolute Gasteiger partial charge is 0.309 e. The van der Waals surface area contributed by atoms with E-state index in [0.717, 1.165) is 50.5 Å². The molecule has 0 N–H and O–H groups in total. The van der Waals surface area contributed by atoms with E-state index in [1.807, 2.05) is 79.0 Å². The summed E-state index contributed by atoms with van der Waals surface area (Å²) in [5.41, 5.74) is 14.2. The first kappa shape index (κ1) is 34.9. The van der Waals surface area contributed by atoms with Crippen LogP contribution in [0.3, 0.4) is 0 Å². The van der Waals surface area contributed by atoms with E-state index in [4.69, 9.17) is 9.97 Å². The van der Waals surface area contributed by atoms with Gasteiger partial charge in [0.1, 0.15) is 0 Å². The number of rotatable bonds is 8. The van der Waals surface area contributed by atoms with Crippen LogP contribution >= 0.6 is 23.5 Å². The van der Waals surface area contributed by atoms with E-state index in [0.29, 0.717) is 5.82 Å². The molecule has 1 aliphatic heterocycles. The van der Waals surface area contributed by atoms with Gasteiger partial charge in [-0.15, -0.1) is 0 Å². The Labute approximate surface area is 331 Å². The van der Waals surface area contributed by atoms with Crippen LogP contribution in [0.4, 0.5) is 0 Å². The maximum Gasteiger partial charge on any atom is 0.160 e. The molecule has 0 saturated carbocycles. The van der Waals surface area contributed by atoms with Crippen LogP contribution in [-0.2, 0) is 5.41 Å². The van der Waals surface area contributed by atoms with Gasteiger partial charge in [0.25, 0.3) is 0 Å². The van der Waals surface area contributed by atoms with Crippen molar-refractivity contribution in [3.05, 3.63) is 181 Å². The Morgan fingerprint density at radius 2 is 1.29 bits per heavy atom. The molecule has 5 heteroatoms. The summed E-state index contributed by atoms with van der Waals surface area (Å²) < 4.78 is 2.33. The van der Waals surface area contributed by atoms with Crippen molar-refractivity contribution in [2.24, 2.45) is 0 Å². The predicted molar refractivity (Wildman–Crippen MR) is 235 cm³/mol. The third-order valence-electron chi connectivity index (χ3n) is 10.8. The smallest absolute Gasteiger partial charge is 0.160 e. The van der Waals surface area contributed by atoms with Gasteiger partial charge in [-0.05, 0) is 89.9 Å². The number of nitrogens with zero attached hydrogens (tertiary/aromatic N) is 3. The Morgan fingerprint density at radius 3 is 1.93 bits per heavy atom. The zero-order chi connectivity index (χ0) is 37.8. The maximum absolute atomic E-state index is 5.07. The summed E-state index contributed by atoms with van der Waals surface area (Å²) in [7, 11) is 0. The zero-order valence-electron chi connectivity index (χ0n) is 31.1. The molecule has 0 atom stereocenters. The molecular formula is C50H39N3S2. The number of aromatic nitrogens is 3. The molecule has 7 aromatic rings. The minimum absolute atomic E-state index is 0.157. The van der Waals surface area contributed by atoms with Gasteiger partial charge in [0.05, 0.1) is 22.6 Å². The topological polar surface area (TPSA) is 30.7 Å². The molecule has 9 rings (SSSR count). The van der Waals surface area contributed by atoms with Crippen molar-refractivity contribution >= 4 is 52.2 Å². The number of allylic oxidation sites excluding steroid dienone is 5.